The van der Waals surface area contributed by atoms with Crippen molar-refractivity contribution in [3.05, 3.63) is 65.5 Å². The summed E-state index contributed by atoms with van der Waals surface area (Å²) in [6.45, 7) is 2.72. The summed E-state index contributed by atoms with van der Waals surface area (Å²) in [5.41, 5.74) is 2.38. The van der Waals surface area contributed by atoms with E-state index >= 15 is 0 Å². The van der Waals surface area contributed by atoms with E-state index in [1.807, 2.05) is 18.2 Å². The van der Waals surface area contributed by atoms with Gasteiger partial charge in [-0.15, -0.1) is 11.8 Å². The molecule has 0 radical (unpaired) electrons. The zero-order valence-corrected chi connectivity index (χ0v) is 15.3. The number of carbonyl (C=O) groups is 2. The molecule has 0 aliphatic carbocycles. The number of hydrogen-bond donors (Lipinski definition) is 0. The molecule has 0 saturated heterocycles. The molecule has 6 heteroatoms. The zero-order valence-electron chi connectivity index (χ0n) is 14.5. The number of benzene rings is 2. The molecule has 0 aromatic heterocycles. The number of amides is 1. The summed E-state index contributed by atoms with van der Waals surface area (Å²) < 4.78 is 18.8. The minimum atomic E-state index is -0.853. The minimum absolute atomic E-state index is 0.0403. The van der Waals surface area contributed by atoms with Crippen LogP contribution in [0.1, 0.15) is 18.1 Å². The first kappa shape index (κ1) is 18.5. The molecular weight excluding hydrogens is 353 g/mol. The number of nitrogens with zero attached hydrogens (tertiary/aromatic N) is 1. The zero-order chi connectivity index (χ0) is 18.5. The molecule has 0 fully saturated rings. The normalized spacial score (nSPS) is 14.5. The molecule has 1 aliphatic heterocycles. The highest BCUT2D eigenvalue weighted by Crippen LogP contribution is 2.22. The number of fused-ring (bicyclic) bond motifs is 1. The van der Waals surface area contributed by atoms with Gasteiger partial charge in [0.2, 0.25) is 0 Å². The van der Waals surface area contributed by atoms with E-state index in [4.69, 9.17) is 4.74 Å². The van der Waals surface area contributed by atoms with Crippen LogP contribution in [0.3, 0.4) is 0 Å². The third-order valence-electron chi connectivity index (χ3n) is 4.28. The van der Waals surface area contributed by atoms with Crippen molar-refractivity contribution >= 4 is 23.6 Å². The molecule has 0 unspecified atom stereocenters. The van der Waals surface area contributed by atoms with Gasteiger partial charge in [-0.05, 0) is 36.6 Å². The Hall–Kier alpha value is -2.34. The molecule has 2 aromatic rings. The van der Waals surface area contributed by atoms with Crippen LogP contribution < -0.4 is 0 Å². The maximum absolute atomic E-state index is 13.6. The fourth-order valence-corrected chi connectivity index (χ4v) is 3.64. The Morgan fingerprint density at radius 1 is 1.15 bits per heavy atom. The number of ether oxygens (including phenoxy) is 1. The van der Waals surface area contributed by atoms with E-state index in [1.54, 1.807) is 30.0 Å². The number of rotatable bonds is 5. The van der Waals surface area contributed by atoms with E-state index < -0.39 is 12.1 Å². The summed E-state index contributed by atoms with van der Waals surface area (Å²) in [6, 6.07) is 14.3. The van der Waals surface area contributed by atoms with Crippen molar-refractivity contribution in [2.75, 3.05) is 12.3 Å². The standard InChI is InChI=1S/C20H20FNO3S/c1-14(25-19(23)13-26-18-9-5-4-8-17(18)21)20(24)22-11-10-15-6-2-3-7-16(15)12-22/h2-9,14H,10-13H2,1H3/t14-/m0/s1. The van der Waals surface area contributed by atoms with Crippen LogP contribution in [0, 0.1) is 5.82 Å². The summed E-state index contributed by atoms with van der Waals surface area (Å²) in [4.78, 5) is 26.6. The van der Waals surface area contributed by atoms with Crippen molar-refractivity contribution < 1.29 is 18.7 Å². The van der Waals surface area contributed by atoms with Crippen LogP contribution in [0.5, 0.6) is 0 Å². The van der Waals surface area contributed by atoms with Crippen molar-refractivity contribution in [2.24, 2.45) is 0 Å². The Labute approximate surface area is 156 Å². The van der Waals surface area contributed by atoms with Gasteiger partial charge in [0.25, 0.3) is 5.91 Å². The maximum atomic E-state index is 13.6. The van der Waals surface area contributed by atoms with Gasteiger partial charge in [0.05, 0.1) is 5.75 Å². The second-order valence-corrected chi connectivity index (χ2v) is 7.15. The SMILES string of the molecule is C[C@H](OC(=O)CSc1ccccc1F)C(=O)N1CCc2ccccc2C1. The average molecular weight is 373 g/mol. The molecule has 3 rings (SSSR count). The highest BCUT2D eigenvalue weighted by Gasteiger charge is 2.26. The number of carbonyl (C=O) groups excluding carboxylic acids is 2. The molecule has 1 amide bonds. The van der Waals surface area contributed by atoms with Crippen molar-refractivity contribution in [2.45, 2.75) is 30.9 Å². The Bertz CT molecular complexity index is 811. The summed E-state index contributed by atoms with van der Waals surface area (Å²) in [5.74, 6) is -1.15. The molecule has 1 aliphatic rings. The summed E-state index contributed by atoms with van der Waals surface area (Å²) in [7, 11) is 0. The van der Waals surface area contributed by atoms with Crippen LogP contribution in [0.25, 0.3) is 0 Å². The van der Waals surface area contributed by atoms with Crippen molar-refractivity contribution in [1.82, 2.24) is 4.90 Å². The van der Waals surface area contributed by atoms with E-state index in [-0.39, 0.29) is 17.5 Å². The first-order valence-corrected chi connectivity index (χ1v) is 9.45. The molecule has 4 nitrogen and oxygen atoms in total. The van der Waals surface area contributed by atoms with Crippen LogP contribution in [0.2, 0.25) is 0 Å². The van der Waals surface area contributed by atoms with E-state index in [2.05, 4.69) is 6.07 Å². The predicted molar refractivity (Wildman–Crippen MR) is 98.2 cm³/mol. The second-order valence-electron chi connectivity index (χ2n) is 6.13. The fourth-order valence-electron chi connectivity index (χ4n) is 2.92. The quantitative estimate of drug-likeness (QED) is 0.595. The summed E-state index contributed by atoms with van der Waals surface area (Å²) >= 11 is 1.06. The first-order chi connectivity index (χ1) is 12.5. The Morgan fingerprint density at radius 3 is 2.62 bits per heavy atom. The van der Waals surface area contributed by atoms with Gasteiger partial charge in [0.15, 0.2) is 6.10 Å². The van der Waals surface area contributed by atoms with Crippen LogP contribution in [0.15, 0.2) is 53.4 Å². The molecule has 2 aromatic carbocycles. The lowest BCUT2D eigenvalue weighted by Crippen LogP contribution is -2.42. The van der Waals surface area contributed by atoms with Gasteiger partial charge in [0.1, 0.15) is 5.82 Å². The van der Waals surface area contributed by atoms with Crippen molar-refractivity contribution in [1.29, 1.82) is 0 Å². The highest BCUT2D eigenvalue weighted by atomic mass is 32.2. The second kappa shape index (κ2) is 8.36. The van der Waals surface area contributed by atoms with Gasteiger partial charge in [-0.2, -0.15) is 0 Å². The van der Waals surface area contributed by atoms with Gasteiger partial charge >= 0.3 is 5.97 Å². The first-order valence-electron chi connectivity index (χ1n) is 8.47. The van der Waals surface area contributed by atoms with E-state index in [1.165, 1.54) is 11.6 Å². The number of esters is 1. The molecule has 1 atom stereocenters. The van der Waals surface area contributed by atoms with Crippen molar-refractivity contribution in [3.63, 3.8) is 0 Å². The fraction of sp³-hybridized carbons (Fsp3) is 0.300. The Kier molecular flexibility index (Phi) is 5.93. The predicted octanol–water partition coefficient (Wildman–Crippen LogP) is 3.43. The molecule has 0 saturated carbocycles. The topological polar surface area (TPSA) is 46.6 Å². The van der Waals surface area contributed by atoms with E-state index in [0.29, 0.717) is 18.0 Å². The van der Waals surface area contributed by atoms with Gasteiger partial charge in [-0.3, -0.25) is 9.59 Å². The molecule has 0 bridgehead atoms. The third-order valence-corrected chi connectivity index (χ3v) is 5.30. The van der Waals surface area contributed by atoms with Crippen LogP contribution >= 0.6 is 11.8 Å². The smallest absolute Gasteiger partial charge is 0.317 e. The Balaban J connectivity index is 1.51. The lowest BCUT2D eigenvalue weighted by Gasteiger charge is -2.30. The minimum Gasteiger partial charge on any atom is -0.452 e. The van der Waals surface area contributed by atoms with E-state index in [9.17, 15) is 14.0 Å². The summed E-state index contributed by atoms with van der Waals surface area (Å²) in [5, 5.41) is 0. The molecule has 26 heavy (non-hydrogen) atoms. The molecule has 1 heterocycles. The van der Waals surface area contributed by atoms with Crippen LogP contribution in [-0.2, 0) is 27.3 Å². The molecule has 136 valence electrons. The van der Waals surface area contributed by atoms with Gasteiger partial charge in [-0.1, -0.05) is 36.4 Å². The van der Waals surface area contributed by atoms with Crippen LogP contribution in [-0.4, -0.2) is 35.2 Å². The van der Waals surface area contributed by atoms with E-state index in [0.717, 1.165) is 23.7 Å². The van der Waals surface area contributed by atoms with Gasteiger partial charge < -0.3 is 9.64 Å². The monoisotopic (exact) mass is 373 g/mol. The largest absolute Gasteiger partial charge is 0.452 e. The number of hydrogen-bond acceptors (Lipinski definition) is 4. The van der Waals surface area contributed by atoms with Crippen LogP contribution in [0.4, 0.5) is 4.39 Å². The lowest BCUT2D eigenvalue weighted by atomic mass is 9.99. The molecular formula is C20H20FNO3S. The third kappa shape index (κ3) is 4.43. The van der Waals surface area contributed by atoms with Gasteiger partial charge in [-0.25, -0.2) is 4.39 Å². The number of halogens is 1. The summed E-state index contributed by atoms with van der Waals surface area (Å²) in [6.07, 6.45) is -0.0555. The molecule has 0 N–H and O–H groups in total. The van der Waals surface area contributed by atoms with Crippen molar-refractivity contribution in [3.8, 4) is 0 Å². The maximum Gasteiger partial charge on any atom is 0.317 e. The highest BCUT2D eigenvalue weighted by molar-refractivity contribution is 8.00. The number of thioether (sulfide) groups is 1. The average Bonchev–Trinajstić information content (AvgIpc) is 2.66. The lowest BCUT2D eigenvalue weighted by molar-refractivity contribution is -0.157. The Morgan fingerprint density at radius 2 is 1.85 bits per heavy atom. The molecule has 0 spiro atoms. The van der Waals surface area contributed by atoms with Gasteiger partial charge in [0, 0.05) is 18.0 Å².